The van der Waals surface area contributed by atoms with E-state index in [4.69, 9.17) is 0 Å². The summed E-state index contributed by atoms with van der Waals surface area (Å²) in [6.45, 7) is 4.66. The Morgan fingerprint density at radius 1 is 0.966 bits per heavy atom. The first kappa shape index (κ1) is 18.5. The highest BCUT2D eigenvalue weighted by molar-refractivity contribution is 5.78. The summed E-state index contributed by atoms with van der Waals surface area (Å²) in [5.41, 5.74) is 2.92. The van der Waals surface area contributed by atoms with Gasteiger partial charge in [0.15, 0.2) is 0 Å². The molecule has 0 spiro atoms. The van der Waals surface area contributed by atoms with E-state index in [0.717, 1.165) is 48.2 Å². The Kier molecular flexibility index (Phi) is 4.94. The van der Waals surface area contributed by atoms with Crippen LogP contribution in [0.2, 0.25) is 0 Å². The predicted molar refractivity (Wildman–Crippen MR) is 113 cm³/mol. The number of benzene rings is 2. The van der Waals surface area contributed by atoms with Crippen LogP contribution in [-0.4, -0.2) is 40.5 Å². The van der Waals surface area contributed by atoms with Crippen LogP contribution >= 0.6 is 0 Å². The van der Waals surface area contributed by atoms with E-state index in [-0.39, 0.29) is 11.4 Å². The van der Waals surface area contributed by atoms with E-state index < -0.39 is 0 Å². The minimum atomic E-state index is -0.184. The van der Waals surface area contributed by atoms with Crippen LogP contribution in [0.3, 0.4) is 0 Å². The Hall–Kier alpha value is -2.50. The van der Waals surface area contributed by atoms with Gasteiger partial charge in [-0.25, -0.2) is 4.39 Å². The first-order valence-electron chi connectivity index (χ1n) is 10.5. The summed E-state index contributed by atoms with van der Waals surface area (Å²) in [6.07, 6.45) is 2.42. The first-order chi connectivity index (χ1) is 14.1. The van der Waals surface area contributed by atoms with Crippen molar-refractivity contribution in [2.45, 2.75) is 32.0 Å². The number of aromatic nitrogens is 1. The van der Waals surface area contributed by atoms with Gasteiger partial charge < -0.3 is 4.98 Å². The van der Waals surface area contributed by atoms with Crippen molar-refractivity contribution in [2.24, 2.45) is 5.92 Å². The lowest BCUT2D eigenvalue weighted by atomic mass is 9.94. The zero-order valence-corrected chi connectivity index (χ0v) is 16.5. The minimum Gasteiger partial charge on any atom is -0.322 e. The fourth-order valence-electron chi connectivity index (χ4n) is 4.98. The van der Waals surface area contributed by atoms with E-state index in [1.165, 1.54) is 12.8 Å². The summed E-state index contributed by atoms with van der Waals surface area (Å²) in [6, 6.07) is 17.3. The molecule has 150 valence electrons. The number of pyridine rings is 1. The van der Waals surface area contributed by atoms with Gasteiger partial charge >= 0.3 is 0 Å². The summed E-state index contributed by atoms with van der Waals surface area (Å²) in [4.78, 5) is 20.6. The molecule has 2 bridgehead atoms. The van der Waals surface area contributed by atoms with E-state index in [1.54, 1.807) is 12.1 Å². The van der Waals surface area contributed by atoms with E-state index >= 15 is 0 Å². The molecule has 0 radical (unpaired) electrons. The molecule has 3 aliphatic heterocycles. The molecule has 3 aliphatic rings. The van der Waals surface area contributed by atoms with Crippen LogP contribution in [0.4, 0.5) is 4.39 Å². The number of para-hydroxylation sites is 1. The number of H-pyrrole nitrogens is 1. The van der Waals surface area contributed by atoms with Crippen molar-refractivity contribution in [3.8, 4) is 0 Å². The lowest BCUT2D eigenvalue weighted by Crippen LogP contribution is -2.44. The van der Waals surface area contributed by atoms with Crippen molar-refractivity contribution in [1.29, 1.82) is 0 Å². The average molecular weight is 391 g/mol. The highest BCUT2D eigenvalue weighted by Gasteiger charge is 2.34. The van der Waals surface area contributed by atoms with Crippen molar-refractivity contribution >= 4 is 10.9 Å². The number of hydrogen-bond acceptors (Lipinski definition) is 3. The van der Waals surface area contributed by atoms with Gasteiger partial charge in [-0.15, -0.1) is 0 Å². The Morgan fingerprint density at radius 3 is 2.66 bits per heavy atom. The van der Waals surface area contributed by atoms with Crippen molar-refractivity contribution in [1.82, 2.24) is 14.8 Å². The Balaban J connectivity index is 1.33. The molecule has 2 aromatic carbocycles. The number of nitrogens with zero attached hydrogens (tertiary/aromatic N) is 2. The third-order valence-corrected chi connectivity index (χ3v) is 6.43. The standard InChI is InChI=1S/C24H26FN3O/c25-21-8-5-17(6-9-21)12-27-13-18-7-10-22(16-27)28(14-18)15-20-11-19-3-1-2-4-23(19)26-24(20)29/h1-6,8-9,11,18,22H,7,10,12-16H2,(H,26,29). The molecule has 3 fully saturated rings. The molecule has 2 atom stereocenters. The van der Waals surface area contributed by atoms with Crippen LogP contribution in [-0.2, 0) is 13.1 Å². The van der Waals surface area contributed by atoms with E-state index in [1.807, 2.05) is 42.5 Å². The minimum absolute atomic E-state index is 0.0204. The maximum absolute atomic E-state index is 13.2. The number of piperidine rings is 1. The lowest BCUT2D eigenvalue weighted by Gasteiger charge is -2.36. The zero-order valence-electron chi connectivity index (χ0n) is 16.5. The number of rotatable bonds is 4. The maximum atomic E-state index is 13.2. The molecule has 1 N–H and O–H groups in total. The number of aromatic amines is 1. The van der Waals surface area contributed by atoms with Crippen molar-refractivity contribution in [3.05, 3.63) is 81.9 Å². The second kappa shape index (κ2) is 7.73. The molecular formula is C24H26FN3O. The molecule has 3 saturated heterocycles. The van der Waals surface area contributed by atoms with Crippen LogP contribution < -0.4 is 5.56 Å². The van der Waals surface area contributed by atoms with Crippen molar-refractivity contribution < 1.29 is 4.39 Å². The van der Waals surface area contributed by atoms with Gasteiger partial charge in [-0.1, -0.05) is 30.3 Å². The molecule has 2 unspecified atom stereocenters. The number of halogens is 1. The molecule has 4 heterocycles. The monoisotopic (exact) mass is 391 g/mol. The molecule has 0 aliphatic carbocycles. The lowest BCUT2D eigenvalue weighted by molar-refractivity contribution is 0.122. The summed E-state index contributed by atoms with van der Waals surface area (Å²) in [5, 5.41) is 1.08. The van der Waals surface area contributed by atoms with Crippen LogP contribution in [0, 0.1) is 11.7 Å². The summed E-state index contributed by atoms with van der Waals surface area (Å²) < 4.78 is 13.2. The van der Waals surface area contributed by atoms with Gasteiger partial charge in [0.25, 0.3) is 5.56 Å². The van der Waals surface area contributed by atoms with Gasteiger partial charge in [-0.2, -0.15) is 0 Å². The second-order valence-electron chi connectivity index (χ2n) is 8.56. The molecule has 3 aromatic rings. The molecule has 0 saturated carbocycles. The Bertz CT molecular complexity index is 1060. The second-order valence-corrected chi connectivity index (χ2v) is 8.56. The van der Waals surface area contributed by atoms with E-state index in [9.17, 15) is 9.18 Å². The van der Waals surface area contributed by atoms with Gasteiger partial charge in [0, 0.05) is 49.8 Å². The molecule has 4 nitrogen and oxygen atoms in total. The highest BCUT2D eigenvalue weighted by Crippen LogP contribution is 2.30. The maximum Gasteiger partial charge on any atom is 0.252 e. The summed E-state index contributed by atoms with van der Waals surface area (Å²) >= 11 is 0. The van der Waals surface area contributed by atoms with Crippen molar-refractivity contribution in [2.75, 3.05) is 19.6 Å². The molecular weight excluding hydrogens is 365 g/mol. The van der Waals surface area contributed by atoms with Crippen LogP contribution in [0.25, 0.3) is 10.9 Å². The fraction of sp³-hybridized carbons (Fsp3) is 0.375. The van der Waals surface area contributed by atoms with Crippen LogP contribution in [0.5, 0.6) is 0 Å². The van der Waals surface area contributed by atoms with E-state index in [0.29, 0.717) is 18.5 Å². The third kappa shape index (κ3) is 3.98. The largest absolute Gasteiger partial charge is 0.322 e. The van der Waals surface area contributed by atoms with Crippen LogP contribution in [0.15, 0.2) is 59.4 Å². The Morgan fingerprint density at radius 2 is 1.79 bits per heavy atom. The number of nitrogens with one attached hydrogen (secondary N) is 1. The molecule has 0 amide bonds. The Labute approximate surface area is 170 Å². The quantitative estimate of drug-likeness (QED) is 0.736. The highest BCUT2D eigenvalue weighted by atomic mass is 19.1. The molecule has 29 heavy (non-hydrogen) atoms. The van der Waals surface area contributed by atoms with E-state index in [2.05, 4.69) is 14.8 Å². The van der Waals surface area contributed by atoms with Gasteiger partial charge in [0.2, 0.25) is 0 Å². The predicted octanol–water partition coefficient (Wildman–Crippen LogP) is 3.76. The molecule has 1 aromatic heterocycles. The number of hydrogen-bond donors (Lipinski definition) is 1. The van der Waals surface area contributed by atoms with Gasteiger partial charge in [-0.3, -0.25) is 14.6 Å². The summed E-state index contributed by atoms with van der Waals surface area (Å²) in [5.74, 6) is 0.435. The third-order valence-electron chi connectivity index (χ3n) is 6.43. The smallest absolute Gasteiger partial charge is 0.252 e. The van der Waals surface area contributed by atoms with Crippen molar-refractivity contribution in [3.63, 3.8) is 0 Å². The SMILES string of the molecule is O=c1[nH]c2ccccc2cc1CN1CC2CCC1CN(Cc1ccc(F)cc1)C2. The van der Waals surface area contributed by atoms with Gasteiger partial charge in [0.05, 0.1) is 0 Å². The topological polar surface area (TPSA) is 39.3 Å². The molecule has 5 heteroatoms. The van der Waals surface area contributed by atoms with Gasteiger partial charge in [-0.05, 0) is 54.0 Å². The fourth-order valence-corrected chi connectivity index (χ4v) is 4.98. The average Bonchev–Trinajstić information content (AvgIpc) is 3.01. The van der Waals surface area contributed by atoms with Crippen LogP contribution in [0.1, 0.15) is 24.0 Å². The zero-order chi connectivity index (χ0) is 19.8. The van der Waals surface area contributed by atoms with Gasteiger partial charge in [0.1, 0.15) is 5.82 Å². The number of fused-ring (bicyclic) bond motifs is 5. The first-order valence-corrected chi connectivity index (χ1v) is 10.5. The molecule has 6 rings (SSSR count). The normalized spacial score (nSPS) is 22.8. The summed E-state index contributed by atoms with van der Waals surface area (Å²) in [7, 11) is 0.